The fourth-order valence-electron chi connectivity index (χ4n) is 1.91. The molecule has 0 fully saturated rings. The van der Waals surface area contributed by atoms with Crippen molar-refractivity contribution < 1.29 is 9.53 Å². The Morgan fingerprint density at radius 3 is 2.56 bits per heavy atom. The Morgan fingerprint density at radius 2 is 2.06 bits per heavy atom. The monoisotopic (exact) mass is 259 g/mol. The molecule has 0 heterocycles. The molecule has 2 atom stereocenters. The van der Waals surface area contributed by atoms with Crippen LogP contribution in [0.5, 0.6) is 0 Å². The molecule has 0 radical (unpaired) electrons. The maximum Gasteiger partial charge on any atom is 0.237 e. The van der Waals surface area contributed by atoms with Crippen molar-refractivity contribution in [3.05, 3.63) is 0 Å². The molecule has 2 unspecified atom stereocenters. The van der Waals surface area contributed by atoms with Gasteiger partial charge in [-0.3, -0.25) is 9.69 Å². The number of nitrogens with one attached hydrogen (secondary N) is 1. The van der Waals surface area contributed by atoms with E-state index in [9.17, 15) is 4.79 Å². The molecule has 0 saturated carbocycles. The van der Waals surface area contributed by atoms with Crippen LogP contribution in [0.1, 0.15) is 33.6 Å². The Kier molecular flexibility index (Phi) is 9.92. The van der Waals surface area contributed by atoms with E-state index in [0.717, 1.165) is 19.4 Å². The lowest BCUT2D eigenvalue weighted by molar-refractivity contribution is -0.126. The summed E-state index contributed by atoms with van der Waals surface area (Å²) >= 11 is 0. The number of ether oxygens (including phenoxy) is 1. The smallest absolute Gasteiger partial charge is 0.237 e. The number of nitrogens with zero attached hydrogens (tertiary/aromatic N) is 1. The number of methoxy groups -OCH3 is 1. The quantitative estimate of drug-likeness (QED) is 0.602. The molecule has 3 N–H and O–H groups in total. The second-order valence-corrected chi connectivity index (χ2v) is 4.69. The highest BCUT2D eigenvalue weighted by atomic mass is 16.5. The summed E-state index contributed by atoms with van der Waals surface area (Å²) in [4.78, 5) is 14.1. The maximum absolute atomic E-state index is 12.1. The van der Waals surface area contributed by atoms with E-state index >= 15 is 0 Å². The Labute approximate surface area is 111 Å². The van der Waals surface area contributed by atoms with Gasteiger partial charge in [0.05, 0.1) is 12.6 Å². The summed E-state index contributed by atoms with van der Waals surface area (Å²) in [5.41, 5.74) is 5.57. The van der Waals surface area contributed by atoms with Crippen LogP contribution in [0.4, 0.5) is 0 Å². The third-order valence-corrected chi connectivity index (χ3v) is 3.04. The zero-order valence-electron chi connectivity index (χ0n) is 12.2. The number of carbonyl (C=O) groups is 1. The first-order chi connectivity index (χ1) is 8.56. The molecular formula is C13H29N3O2. The number of nitrogens with two attached hydrogens (primary N) is 1. The van der Waals surface area contributed by atoms with Gasteiger partial charge in [-0.15, -0.1) is 0 Å². The first kappa shape index (κ1) is 17.4. The molecule has 0 spiro atoms. The highest BCUT2D eigenvalue weighted by molar-refractivity contribution is 5.81. The van der Waals surface area contributed by atoms with Crippen molar-refractivity contribution in [2.24, 2.45) is 5.73 Å². The second-order valence-electron chi connectivity index (χ2n) is 4.69. The predicted octanol–water partition coefficient (Wildman–Crippen LogP) is 0.587. The third-order valence-electron chi connectivity index (χ3n) is 3.04. The van der Waals surface area contributed by atoms with Crippen LogP contribution in [0.15, 0.2) is 0 Å². The minimum Gasteiger partial charge on any atom is -0.383 e. The van der Waals surface area contributed by atoms with Gasteiger partial charge in [0.1, 0.15) is 0 Å². The lowest BCUT2D eigenvalue weighted by Crippen LogP contribution is -2.49. The molecule has 0 aliphatic carbocycles. The van der Waals surface area contributed by atoms with Crippen LogP contribution in [0.25, 0.3) is 0 Å². The summed E-state index contributed by atoms with van der Waals surface area (Å²) in [6.45, 7) is 8.67. The lowest BCUT2D eigenvalue weighted by atomic mass is 10.1. The summed E-state index contributed by atoms with van der Waals surface area (Å²) < 4.78 is 5.05. The fraction of sp³-hybridized carbons (Fsp3) is 0.923. The Bertz CT molecular complexity index is 224. The van der Waals surface area contributed by atoms with Gasteiger partial charge in [0.15, 0.2) is 0 Å². The summed E-state index contributed by atoms with van der Waals surface area (Å²) in [6.07, 6.45) is 2.08. The SMILES string of the molecule is CCCC(C)NC(=O)C(C)N(CCN)CCOC. The molecule has 0 bridgehead atoms. The van der Waals surface area contributed by atoms with Crippen molar-refractivity contribution in [2.45, 2.75) is 45.7 Å². The van der Waals surface area contributed by atoms with E-state index in [2.05, 4.69) is 17.1 Å². The molecule has 0 aliphatic heterocycles. The zero-order chi connectivity index (χ0) is 14.0. The van der Waals surface area contributed by atoms with Crippen LogP contribution in [0.2, 0.25) is 0 Å². The van der Waals surface area contributed by atoms with E-state index in [1.54, 1.807) is 7.11 Å². The minimum absolute atomic E-state index is 0.0699. The number of amides is 1. The normalized spacial score (nSPS) is 14.6. The highest BCUT2D eigenvalue weighted by Gasteiger charge is 2.21. The van der Waals surface area contributed by atoms with Gasteiger partial charge in [-0.1, -0.05) is 13.3 Å². The van der Waals surface area contributed by atoms with Gasteiger partial charge in [0.25, 0.3) is 0 Å². The van der Waals surface area contributed by atoms with Crippen molar-refractivity contribution >= 4 is 5.91 Å². The molecule has 108 valence electrons. The van der Waals surface area contributed by atoms with Crippen molar-refractivity contribution in [1.82, 2.24) is 10.2 Å². The summed E-state index contributed by atoms with van der Waals surface area (Å²) in [5.74, 6) is 0.0699. The van der Waals surface area contributed by atoms with Crippen molar-refractivity contribution in [2.75, 3.05) is 33.4 Å². The van der Waals surface area contributed by atoms with Crippen LogP contribution in [-0.2, 0) is 9.53 Å². The zero-order valence-corrected chi connectivity index (χ0v) is 12.2. The molecule has 0 aromatic carbocycles. The van der Waals surface area contributed by atoms with Crippen LogP contribution in [0, 0.1) is 0 Å². The third kappa shape index (κ3) is 6.93. The second kappa shape index (κ2) is 10.3. The molecule has 1 amide bonds. The molecule has 5 nitrogen and oxygen atoms in total. The van der Waals surface area contributed by atoms with Crippen molar-refractivity contribution in [1.29, 1.82) is 0 Å². The molecule has 5 heteroatoms. The van der Waals surface area contributed by atoms with Gasteiger partial charge in [0, 0.05) is 32.8 Å². The van der Waals surface area contributed by atoms with Gasteiger partial charge in [-0.25, -0.2) is 0 Å². The summed E-state index contributed by atoms with van der Waals surface area (Å²) in [7, 11) is 1.66. The predicted molar refractivity (Wildman–Crippen MR) is 74.5 cm³/mol. The minimum atomic E-state index is -0.164. The van der Waals surface area contributed by atoms with E-state index in [4.69, 9.17) is 10.5 Å². The van der Waals surface area contributed by atoms with Gasteiger partial charge in [0.2, 0.25) is 5.91 Å². The molecule has 0 rings (SSSR count). The number of rotatable bonds is 10. The van der Waals surface area contributed by atoms with Crippen LogP contribution < -0.4 is 11.1 Å². The average Bonchev–Trinajstić information content (AvgIpc) is 2.33. The van der Waals surface area contributed by atoms with E-state index in [0.29, 0.717) is 19.7 Å². The average molecular weight is 259 g/mol. The first-order valence-electron chi connectivity index (χ1n) is 6.80. The molecule has 18 heavy (non-hydrogen) atoms. The summed E-state index contributed by atoms with van der Waals surface area (Å²) in [5, 5.41) is 3.03. The number of hydrogen-bond donors (Lipinski definition) is 2. The van der Waals surface area contributed by atoms with Crippen LogP contribution >= 0.6 is 0 Å². The van der Waals surface area contributed by atoms with Crippen molar-refractivity contribution in [3.8, 4) is 0 Å². The Hall–Kier alpha value is -0.650. The standard InChI is InChI=1S/C13H29N3O2/c1-5-6-11(2)15-13(17)12(3)16(8-7-14)9-10-18-4/h11-12H,5-10,14H2,1-4H3,(H,15,17). The first-order valence-corrected chi connectivity index (χ1v) is 6.80. The van der Waals surface area contributed by atoms with Crippen molar-refractivity contribution in [3.63, 3.8) is 0 Å². The Balaban J connectivity index is 4.26. The van der Waals surface area contributed by atoms with E-state index in [1.807, 2.05) is 13.8 Å². The lowest BCUT2D eigenvalue weighted by Gasteiger charge is -2.28. The van der Waals surface area contributed by atoms with E-state index < -0.39 is 0 Å². The molecule has 0 aromatic rings. The topological polar surface area (TPSA) is 67.6 Å². The number of carbonyl (C=O) groups excluding carboxylic acids is 1. The maximum atomic E-state index is 12.1. The van der Waals surface area contributed by atoms with Gasteiger partial charge < -0.3 is 15.8 Å². The largest absolute Gasteiger partial charge is 0.383 e. The summed E-state index contributed by atoms with van der Waals surface area (Å²) in [6, 6.07) is 0.0649. The Morgan fingerprint density at radius 1 is 1.39 bits per heavy atom. The fourth-order valence-corrected chi connectivity index (χ4v) is 1.91. The molecule has 0 aromatic heterocycles. The van der Waals surface area contributed by atoms with E-state index in [-0.39, 0.29) is 18.0 Å². The molecular weight excluding hydrogens is 230 g/mol. The van der Waals surface area contributed by atoms with Crippen LogP contribution in [0.3, 0.4) is 0 Å². The van der Waals surface area contributed by atoms with Gasteiger partial charge >= 0.3 is 0 Å². The molecule has 0 saturated heterocycles. The van der Waals surface area contributed by atoms with Gasteiger partial charge in [-0.2, -0.15) is 0 Å². The van der Waals surface area contributed by atoms with E-state index in [1.165, 1.54) is 0 Å². The molecule has 0 aliphatic rings. The van der Waals surface area contributed by atoms with Crippen LogP contribution in [-0.4, -0.2) is 56.2 Å². The number of hydrogen-bond acceptors (Lipinski definition) is 4. The highest BCUT2D eigenvalue weighted by Crippen LogP contribution is 2.01. The van der Waals surface area contributed by atoms with Gasteiger partial charge in [-0.05, 0) is 20.3 Å².